The first-order chi connectivity index (χ1) is 9.65. The second-order valence-corrected chi connectivity index (χ2v) is 4.54. The van der Waals surface area contributed by atoms with Crippen LogP contribution in [0.2, 0.25) is 0 Å². The van der Waals surface area contributed by atoms with E-state index in [1.54, 1.807) is 0 Å². The van der Waals surface area contributed by atoms with E-state index in [4.69, 9.17) is 0 Å². The van der Waals surface area contributed by atoms with Gasteiger partial charge in [-0.3, -0.25) is 0 Å². The molecule has 0 N–H and O–H groups in total. The van der Waals surface area contributed by atoms with E-state index >= 15 is 0 Å². The molecule has 0 aromatic carbocycles. The molecule has 0 aliphatic carbocycles. The van der Waals surface area contributed by atoms with Gasteiger partial charge in [0.1, 0.15) is 25.6 Å². The first kappa shape index (κ1) is 12.3. The molecule has 0 radical (unpaired) electrons. The molecular weight excluding hydrogens is 260 g/mol. The minimum absolute atomic E-state index is 0.0243. The SMILES string of the molecule is C[n+]1ccc(C[C@@H]2C(=[N+]([O-])[O-])C=Nc3ncnn32)cc1. The van der Waals surface area contributed by atoms with Gasteiger partial charge in [-0.05, 0) is 5.56 Å². The fourth-order valence-electron chi connectivity index (χ4n) is 2.14. The van der Waals surface area contributed by atoms with Crippen LogP contribution >= 0.6 is 0 Å². The van der Waals surface area contributed by atoms with E-state index in [2.05, 4.69) is 15.1 Å². The number of aryl methyl sites for hydroxylation is 1. The van der Waals surface area contributed by atoms with Crippen LogP contribution in [0.3, 0.4) is 0 Å². The van der Waals surface area contributed by atoms with Crippen LogP contribution in [0, 0.1) is 10.4 Å². The molecule has 1 aliphatic heterocycles. The predicted molar refractivity (Wildman–Crippen MR) is 70.5 cm³/mol. The highest BCUT2D eigenvalue weighted by Crippen LogP contribution is 2.23. The molecular formula is C12H12N6O2. The smallest absolute Gasteiger partial charge is 0.248 e. The zero-order valence-electron chi connectivity index (χ0n) is 10.7. The van der Waals surface area contributed by atoms with Crippen molar-refractivity contribution in [1.29, 1.82) is 0 Å². The van der Waals surface area contributed by atoms with Gasteiger partial charge in [0, 0.05) is 18.6 Å². The van der Waals surface area contributed by atoms with E-state index in [1.807, 2.05) is 36.1 Å². The van der Waals surface area contributed by atoms with Crippen molar-refractivity contribution in [3.63, 3.8) is 0 Å². The fourth-order valence-corrected chi connectivity index (χ4v) is 2.14. The lowest BCUT2D eigenvalue weighted by atomic mass is 10.0. The molecule has 102 valence electrons. The average molecular weight is 272 g/mol. The monoisotopic (exact) mass is 272 g/mol. The maximum Gasteiger partial charge on any atom is 0.248 e. The normalized spacial score (nSPS) is 17.1. The van der Waals surface area contributed by atoms with Crippen molar-refractivity contribution in [2.75, 3.05) is 0 Å². The maximum atomic E-state index is 11.2. The minimum Gasteiger partial charge on any atom is -0.612 e. The molecule has 8 nitrogen and oxygen atoms in total. The Balaban J connectivity index is 1.98. The van der Waals surface area contributed by atoms with Gasteiger partial charge in [0.15, 0.2) is 12.4 Å². The third-order valence-corrected chi connectivity index (χ3v) is 3.19. The van der Waals surface area contributed by atoms with Crippen molar-refractivity contribution in [2.24, 2.45) is 12.0 Å². The summed E-state index contributed by atoms with van der Waals surface area (Å²) in [5.41, 5.74) is 1.01. The third-order valence-electron chi connectivity index (χ3n) is 3.19. The Hall–Kier alpha value is -2.77. The Labute approximate surface area is 114 Å². The first-order valence-electron chi connectivity index (χ1n) is 6.04. The minimum atomic E-state index is -0.493. The summed E-state index contributed by atoms with van der Waals surface area (Å²) in [5, 5.41) is 26.4. The summed E-state index contributed by atoms with van der Waals surface area (Å²) in [6, 6.07) is 3.37. The molecule has 3 heterocycles. The van der Waals surface area contributed by atoms with Crippen LogP contribution in [0.25, 0.3) is 0 Å². The molecule has 0 amide bonds. The van der Waals surface area contributed by atoms with Crippen LogP contribution in [0.4, 0.5) is 5.95 Å². The molecule has 0 spiro atoms. The van der Waals surface area contributed by atoms with Crippen LogP contribution in [-0.4, -0.2) is 31.6 Å². The van der Waals surface area contributed by atoms with Gasteiger partial charge in [-0.15, -0.1) is 0 Å². The van der Waals surface area contributed by atoms with Gasteiger partial charge < -0.3 is 10.4 Å². The second-order valence-electron chi connectivity index (χ2n) is 4.54. The summed E-state index contributed by atoms with van der Waals surface area (Å²) in [6.07, 6.45) is 6.89. The van der Waals surface area contributed by atoms with Crippen molar-refractivity contribution in [3.8, 4) is 0 Å². The van der Waals surface area contributed by atoms with Gasteiger partial charge in [0.25, 0.3) is 0 Å². The number of hydrogen-bond acceptors (Lipinski definition) is 5. The predicted octanol–water partition coefficient (Wildman–Crippen LogP) is 0.0514. The molecule has 0 fully saturated rings. The summed E-state index contributed by atoms with van der Waals surface area (Å²) in [5.74, 6) is 0.391. The summed E-state index contributed by atoms with van der Waals surface area (Å²) in [7, 11) is 1.92. The molecule has 0 unspecified atom stereocenters. The number of nitrogens with zero attached hydrogens (tertiary/aromatic N) is 6. The van der Waals surface area contributed by atoms with Crippen molar-refractivity contribution in [2.45, 2.75) is 12.5 Å². The van der Waals surface area contributed by atoms with Crippen molar-refractivity contribution < 1.29 is 9.47 Å². The highest BCUT2D eigenvalue weighted by molar-refractivity contribution is 6.31. The van der Waals surface area contributed by atoms with E-state index in [9.17, 15) is 10.4 Å². The van der Waals surface area contributed by atoms with Gasteiger partial charge in [0.05, 0.1) is 0 Å². The lowest BCUT2D eigenvalue weighted by Gasteiger charge is -2.21. The summed E-state index contributed by atoms with van der Waals surface area (Å²) in [4.78, 5) is 7.50. The number of aliphatic imine (C=N–C) groups is 1. The molecule has 3 rings (SSSR count). The summed E-state index contributed by atoms with van der Waals surface area (Å²) in [6.45, 7) is 0. The number of fused-ring (bicyclic) bond motifs is 1. The van der Waals surface area contributed by atoms with Crippen LogP contribution in [-0.2, 0) is 13.5 Å². The molecule has 0 bridgehead atoms. The van der Waals surface area contributed by atoms with Crippen LogP contribution in [0.1, 0.15) is 11.6 Å². The largest absolute Gasteiger partial charge is 0.612 e. The van der Waals surface area contributed by atoms with Crippen molar-refractivity contribution >= 4 is 17.9 Å². The van der Waals surface area contributed by atoms with Crippen LogP contribution in [0.15, 0.2) is 35.8 Å². The third kappa shape index (κ3) is 2.11. The van der Waals surface area contributed by atoms with Gasteiger partial charge in [0.2, 0.25) is 11.7 Å². The Morgan fingerprint density at radius 1 is 1.35 bits per heavy atom. The van der Waals surface area contributed by atoms with Crippen molar-refractivity contribution in [1.82, 2.24) is 14.8 Å². The second kappa shape index (κ2) is 4.72. The molecule has 0 saturated heterocycles. The summed E-state index contributed by atoms with van der Waals surface area (Å²) >= 11 is 0. The molecule has 1 atom stereocenters. The Morgan fingerprint density at radius 3 is 2.80 bits per heavy atom. The quantitative estimate of drug-likeness (QED) is 0.438. The molecule has 20 heavy (non-hydrogen) atoms. The van der Waals surface area contributed by atoms with Gasteiger partial charge in [-0.2, -0.15) is 15.0 Å². The zero-order valence-corrected chi connectivity index (χ0v) is 10.7. The van der Waals surface area contributed by atoms with E-state index in [0.717, 1.165) is 5.56 Å². The van der Waals surface area contributed by atoms with E-state index in [-0.39, 0.29) is 5.71 Å². The van der Waals surface area contributed by atoms with Gasteiger partial charge >= 0.3 is 0 Å². The highest BCUT2D eigenvalue weighted by Gasteiger charge is 2.30. The zero-order chi connectivity index (χ0) is 14.1. The topological polar surface area (TPSA) is 96.1 Å². The standard InChI is InChI=1S/C12H12N6O2/c1-16-4-2-9(3-5-16)6-10-11(18(19)20)7-13-12-14-8-15-17(10)12/h2-5,7-8,10H,6H2,1H3/t10-/m1/s1. The van der Waals surface area contributed by atoms with Gasteiger partial charge in [-0.25, -0.2) is 14.2 Å². The van der Waals surface area contributed by atoms with E-state index < -0.39 is 10.9 Å². The first-order valence-corrected chi connectivity index (χ1v) is 6.04. The Kier molecular flexibility index (Phi) is 2.90. The van der Waals surface area contributed by atoms with E-state index in [1.165, 1.54) is 17.2 Å². The number of pyridine rings is 1. The highest BCUT2D eigenvalue weighted by atomic mass is 16.8. The number of aromatic nitrogens is 4. The average Bonchev–Trinajstić information content (AvgIpc) is 2.90. The molecule has 1 aliphatic rings. The van der Waals surface area contributed by atoms with Crippen LogP contribution < -0.4 is 4.57 Å². The molecule has 2 aromatic heterocycles. The summed E-state index contributed by atoms with van der Waals surface area (Å²) < 4.78 is 3.40. The van der Waals surface area contributed by atoms with Crippen molar-refractivity contribution in [3.05, 3.63) is 46.8 Å². The fraction of sp³-hybridized carbons (Fsp3) is 0.250. The molecule has 8 heteroatoms. The molecule has 2 aromatic rings. The Morgan fingerprint density at radius 2 is 2.10 bits per heavy atom. The van der Waals surface area contributed by atoms with E-state index in [0.29, 0.717) is 12.4 Å². The van der Waals surface area contributed by atoms with Gasteiger partial charge in [-0.1, -0.05) is 0 Å². The molecule has 0 saturated carbocycles. The lowest BCUT2D eigenvalue weighted by molar-refractivity contribution is -0.671. The Bertz CT molecular complexity index is 684. The lowest BCUT2D eigenvalue weighted by Crippen LogP contribution is -2.32. The number of hydrogen-bond donors (Lipinski definition) is 0. The van der Waals surface area contributed by atoms with Crippen LogP contribution in [0.5, 0.6) is 0 Å². The maximum absolute atomic E-state index is 11.2. The number of rotatable bonds is 2.